The molecule has 3 aromatic heterocycles. The smallest absolute Gasteiger partial charge is 0.421 e. The summed E-state index contributed by atoms with van der Waals surface area (Å²) in [6, 6.07) is 4.07. The highest BCUT2D eigenvalue weighted by atomic mass is 19.4. The van der Waals surface area contributed by atoms with Crippen molar-refractivity contribution < 1.29 is 27.8 Å². The monoisotopic (exact) mass is 518 g/mol. The number of nitrogens with zero attached hydrogens (tertiary/aromatic N) is 7. The van der Waals surface area contributed by atoms with Crippen LogP contribution in [0.5, 0.6) is 11.8 Å². The number of aryl methyl sites for hydroxylation is 2. The zero-order chi connectivity index (χ0) is 26.5. The summed E-state index contributed by atoms with van der Waals surface area (Å²) in [5.74, 6) is 0.786. The molecule has 0 bridgehead atoms. The number of likely N-dealkylation sites (N-methyl/N-ethyl adjacent to an activating group) is 1. The number of pyridine rings is 1. The van der Waals surface area contributed by atoms with Gasteiger partial charge in [0.25, 0.3) is 5.91 Å². The summed E-state index contributed by atoms with van der Waals surface area (Å²) < 4.78 is 45.0. The number of aliphatic hydroxyl groups excluding tert-OH is 1. The summed E-state index contributed by atoms with van der Waals surface area (Å²) in [6.07, 6.45) is -1.59. The molecule has 14 heteroatoms. The molecule has 5 heterocycles. The summed E-state index contributed by atoms with van der Waals surface area (Å²) in [5, 5.41) is 16.6. The number of carbonyl (C=O) groups excluding carboxylic acids is 1. The van der Waals surface area contributed by atoms with Crippen LogP contribution in [0, 0.1) is 0 Å². The van der Waals surface area contributed by atoms with Gasteiger partial charge in [-0.25, -0.2) is 14.6 Å². The lowest BCUT2D eigenvalue weighted by molar-refractivity contribution is -0.141. The SMILES string of the molecule is CN1c2nc(NCc3ccc(Oc4cc(C(F)(F)F)nn4C)nc3)nc3c2N(CCC3)C(=O)[C@]1(C)CO. The highest BCUT2D eigenvalue weighted by Crippen LogP contribution is 2.43. The number of hydrogen-bond donors (Lipinski definition) is 2. The second kappa shape index (κ2) is 8.87. The van der Waals surface area contributed by atoms with E-state index < -0.39 is 17.4 Å². The van der Waals surface area contributed by atoms with Crippen molar-refractivity contribution in [2.75, 3.05) is 35.3 Å². The molecule has 1 amide bonds. The number of aromatic nitrogens is 5. The van der Waals surface area contributed by atoms with Gasteiger partial charge in [0.05, 0.1) is 12.3 Å². The van der Waals surface area contributed by atoms with E-state index in [-0.39, 0.29) is 24.3 Å². The van der Waals surface area contributed by atoms with Gasteiger partial charge >= 0.3 is 6.18 Å². The minimum absolute atomic E-state index is 0.0892. The van der Waals surface area contributed by atoms with E-state index in [1.54, 1.807) is 35.9 Å². The average molecular weight is 519 g/mol. The van der Waals surface area contributed by atoms with Crippen molar-refractivity contribution in [1.29, 1.82) is 0 Å². The normalized spacial score (nSPS) is 19.2. The van der Waals surface area contributed by atoms with Crippen molar-refractivity contribution in [3.8, 4) is 11.8 Å². The Hall–Kier alpha value is -3.94. The molecule has 11 nitrogen and oxygen atoms in total. The molecule has 0 unspecified atom stereocenters. The second-order valence-electron chi connectivity index (χ2n) is 9.17. The van der Waals surface area contributed by atoms with E-state index in [9.17, 15) is 23.1 Å². The standard InChI is InChI=1S/C23H25F3N8O3/c1-22(12-35)20(36)34-8-4-5-14-18(34)19(32(22)2)30-21(29-14)28-11-13-6-7-16(27-10-13)37-17-9-15(23(24,25)26)31-33(17)3/h6-7,9-10,35H,4-5,8,11-12H2,1-3H3,(H,28,29,30)/t22-/m0/s1. The molecule has 37 heavy (non-hydrogen) atoms. The van der Waals surface area contributed by atoms with Crippen LogP contribution in [-0.2, 0) is 31.0 Å². The van der Waals surface area contributed by atoms with Gasteiger partial charge in [-0.05, 0) is 25.3 Å². The maximum atomic E-state index is 13.1. The molecule has 0 radical (unpaired) electrons. The van der Waals surface area contributed by atoms with Gasteiger partial charge in [0, 0.05) is 45.5 Å². The summed E-state index contributed by atoms with van der Waals surface area (Å²) in [4.78, 5) is 29.8. The Morgan fingerprint density at radius 2 is 2.03 bits per heavy atom. The molecule has 0 fully saturated rings. The number of rotatable bonds is 6. The molecular formula is C23H25F3N8O3. The Balaban J connectivity index is 1.31. The lowest BCUT2D eigenvalue weighted by Gasteiger charge is -2.47. The molecule has 196 valence electrons. The van der Waals surface area contributed by atoms with Crippen LogP contribution < -0.4 is 19.9 Å². The van der Waals surface area contributed by atoms with E-state index in [4.69, 9.17) is 4.74 Å². The predicted octanol–water partition coefficient (Wildman–Crippen LogP) is 2.51. The lowest BCUT2D eigenvalue weighted by atomic mass is 9.93. The first kappa shape index (κ1) is 24.7. The minimum Gasteiger partial charge on any atom is -0.421 e. The first-order valence-corrected chi connectivity index (χ1v) is 11.6. The van der Waals surface area contributed by atoms with Crippen LogP contribution in [-0.4, -0.2) is 61.5 Å². The van der Waals surface area contributed by atoms with E-state index in [1.165, 1.54) is 13.2 Å². The van der Waals surface area contributed by atoms with Gasteiger partial charge in [-0.15, -0.1) is 0 Å². The Bertz CT molecular complexity index is 1340. The molecule has 3 aromatic rings. The van der Waals surface area contributed by atoms with Crippen LogP contribution in [0.15, 0.2) is 24.4 Å². The van der Waals surface area contributed by atoms with Crippen LogP contribution in [0.1, 0.15) is 30.3 Å². The van der Waals surface area contributed by atoms with E-state index in [1.807, 2.05) is 0 Å². The first-order valence-electron chi connectivity index (χ1n) is 11.6. The molecule has 0 saturated carbocycles. The number of carbonyl (C=O) groups is 1. The van der Waals surface area contributed by atoms with Crippen LogP contribution >= 0.6 is 0 Å². The number of ether oxygens (including phenoxy) is 1. The number of anilines is 3. The van der Waals surface area contributed by atoms with Crippen LogP contribution in [0.4, 0.5) is 30.6 Å². The molecule has 2 aliphatic rings. The van der Waals surface area contributed by atoms with Crippen molar-refractivity contribution in [2.45, 2.75) is 38.0 Å². The largest absolute Gasteiger partial charge is 0.435 e. The summed E-state index contributed by atoms with van der Waals surface area (Å²) in [7, 11) is 3.08. The molecular weight excluding hydrogens is 493 g/mol. The fraction of sp³-hybridized carbons (Fsp3) is 0.435. The molecule has 2 N–H and O–H groups in total. The van der Waals surface area contributed by atoms with Gasteiger partial charge in [0.2, 0.25) is 17.7 Å². The van der Waals surface area contributed by atoms with E-state index in [0.717, 1.165) is 28.4 Å². The van der Waals surface area contributed by atoms with E-state index in [0.29, 0.717) is 37.0 Å². The number of nitrogens with one attached hydrogen (secondary N) is 1. The van der Waals surface area contributed by atoms with Crippen molar-refractivity contribution in [1.82, 2.24) is 24.7 Å². The van der Waals surface area contributed by atoms with Gasteiger partial charge in [-0.1, -0.05) is 6.07 Å². The third kappa shape index (κ3) is 4.30. The first-order chi connectivity index (χ1) is 17.5. The van der Waals surface area contributed by atoms with Gasteiger partial charge < -0.3 is 25.0 Å². The molecule has 1 atom stereocenters. The van der Waals surface area contributed by atoms with Crippen LogP contribution in [0.25, 0.3) is 0 Å². The zero-order valence-electron chi connectivity index (χ0n) is 20.4. The van der Waals surface area contributed by atoms with Crippen LogP contribution in [0.2, 0.25) is 0 Å². The molecule has 0 aliphatic carbocycles. The number of amides is 1. The highest BCUT2D eigenvalue weighted by Gasteiger charge is 2.48. The van der Waals surface area contributed by atoms with Gasteiger partial charge in [0.15, 0.2) is 11.5 Å². The number of alkyl halides is 3. The Morgan fingerprint density at radius 1 is 1.24 bits per heavy atom. The molecule has 0 spiro atoms. The Labute approximate surface area is 209 Å². The van der Waals surface area contributed by atoms with Gasteiger partial charge in [0.1, 0.15) is 11.2 Å². The molecule has 0 saturated heterocycles. The summed E-state index contributed by atoms with van der Waals surface area (Å²) >= 11 is 0. The van der Waals surface area contributed by atoms with Crippen molar-refractivity contribution in [2.24, 2.45) is 7.05 Å². The maximum absolute atomic E-state index is 13.1. The number of aliphatic hydroxyl groups is 1. The fourth-order valence-electron chi connectivity index (χ4n) is 4.36. The molecule has 0 aromatic carbocycles. The highest BCUT2D eigenvalue weighted by molar-refractivity contribution is 6.08. The molecule has 5 rings (SSSR count). The van der Waals surface area contributed by atoms with Crippen molar-refractivity contribution in [3.05, 3.63) is 41.3 Å². The lowest BCUT2D eigenvalue weighted by Crippen LogP contribution is -2.64. The Morgan fingerprint density at radius 3 is 2.68 bits per heavy atom. The third-order valence-corrected chi connectivity index (χ3v) is 6.66. The maximum Gasteiger partial charge on any atom is 0.435 e. The summed E-state index contributed by atoms with van der Waals surface area (Å²) in [5.41, 5.74) is 0.0280. The number of hydrogen-bond acceptors (Lipinski definition) is 9. The second-order valence-corrected chi connectivity index (χ2v) is 9.17. The number of halogens is 3. The minimum atomic E-state index is -4.57. The third-order valence-electron chi connectivity index (χ3n) is 6.66. The van der Waals surface area contributed by atoms with E-state index >= 15 is 0 Å². The van der Waals surface area contributed by atoms with Gasteiger partial charge in [-0.2, -0.15) is 23.3 Å². The zero-order valence-corrected chi connectivity index (χ0v) is 20.4. The average Bonchev–Trinajstić information content (AvgIpc) is 3.25. The van der Waals surface area contributed by atoms with Crippen molar-refractivity contribution >= 4 is 23.4 Å². The molecule has 2 aliphatic heterocycles. The van der Waals surface area contributed by atoms with Crippen LogP contribution in [0.3, 0.4) is 0 Å². The van der Waals surface area contributed by atoms with Crippen molar-refractivity contribution in [3.63, 3.8) is 0 Å². The van der Waals surface area contributed by atoms with Gasteiger partial charge in [-0.3, -0.25) is 4.79 Å². The summed E-state index contributed by atoms with van der Waals surface area (Å²) in [6.45, 7) is 2.21. The predicted molar refractivity (Wildman–Crippen MR) is 126 cm³/mol. The topological polar surface area (TPSA) is 122 Å². The Kier molecular flexibility index (Phi) is 5.93. The quantitative estimate of drug-likeness (QED) is 0.507. The van der Waals surface area contributed by atoms with E-state index in [2.05, 4.69) is 25.4 Å². The fourth-order valence-corrected chi connectivity index (χ4v) is 4.36.